The molecule has 270 valence electrons. The summed E-state index contributed by atoms with van der Waals surface area (Å²) < 4.78 is 0. The van der Waals surface area contributed by atoms with Gasteiger partial charge in [0.2, 0.25) is 0 Å². The highest BCUT2D eigenvalue weighted by molar-refractivity contribution is 5.78. The van der Waals surface area contributed by atoms with Crippen LogP contribution in [0.15, 0.2) is 193 Å². The lowest BCUT2D eigenvalue weighted by Crippen LogP contribution is -2.43. The normalized spacial score (nSPS) is 24.2. The van der Waals surface area contributed by atoms with E-state index in [0.717, 1.165) is 0 Å². The predicted octanol–water partition coefficient (Wildman–Crippen LogP) is 14.1. The van der Waals surface area contributed by atoms with Crippen molar-refractivity contribution < 1.29 is 0 Å². The first kappa shape index (κ1) is 32.7. The maximum absolute atomic E-state index is 2.59. The molecule has 0 N–H and O–H groups in total. The largest absolute Gasteiger partial charge is 0.0754 e. The Morgan fingerprint density at radius 2 is 0.544 bits per heavy atom. The highest BCUT2D eigenvalue weighted by Crippen LogP contribution is 2.70. The molecule has 0 amide bonds. The van der Waals surface area contributed by atoms with Gasteiger partial charge >= 0.3 is 0 Å². The number of hydrogen-bond donors (Lipinski definition) is 0. The Morgan fingerprint density at radius 1 is 0.281 bits per heavy atom. The summed E-state index contributed by atoms with van der Waals surface area (Å²) in [6.45, 7) is 0. The Morgan fingerprint density at radius 3 is 0.912 bits per heavy atom. The fraction of sp³-hybridized carbons (Fsp3) is 0.123. The zero-order chi connectivity index (χ0) is 37.5. The summed E-state index contributed by atoms with van der Waals surface area (Å²) in [5, 5.41) is 0. The first-order valence-electron chi connectivity index (χ1n) is 20.7. The van der Waals surface area contributed by atoms with Crippen LogP contribution in [0.3, 0.4) is 0 Å². The van der Waals surface area contributed by atoms with Gasteiger partial charge in [-0.1, -0.05) is 219 Å². The quantitative estimate of drug-likeness (QED) is 0.144. The van der Waals surface area contributed by atoms with Crippen molar-refractivity contribution >= 4 is 36.5 Å². The number of rotatable bonds is 7. The van der Waals surface area contributed by atoms with Gasteiger partial charge in [0.1, 0.15) is 0 Å². The van der Waals surface area contributed by atoms with Gasteiger partial charge in [-0.05, 0) is 77.9 Å². The molecule has 6 aliphatic carbocycles. The van der Waals surface area contributed by atoms with Crippen LogP contribution in [0.2, 0.25) is 0 Å². The fourth-order valence-electron chi connectivity index (χ4n) is 11.9. The number of hydrogen-bond acceptors (Lipinski definition) is 0. The van der Waals surface area contributed by atoms with Gasteiger partial charge < -0.3 is 0 Å². The maximum Gasteiger partial charge on any atom is 0.0250 e. The molecule has 12 rings (SSSR count). The van der Waals surface area contributed by atoms with E-state index in [2.05, 4.69) is 219 Å². The van der Waals surface area contributed by atoms with Crippen LogP contribution in [-0.2, 0) is 0 Å². The van der Waals surface area contributed by atoms with Crippen molar-refractivity contribution in [3.05, 3.63) is 260 Å². The predicted molar refractivity (Wildman–Crippen MR) is 239 cm³/mol. The van der Waals surface area contributed by atoms with E-state index >= 15 is 0 Å². The molecule has 0 radical (unpaired) electrons. The third kappa shape index (κ3) is 4.74. The molecule has 57 heavy (non-hydrogen) atoms. The molecule has 0 nitrogen and oxygen atoms in total. The molecule has 6 aliphatic rings. The Kier molecular flexibility index (Phi) is 7.33. The van der Waals surface area contributed by atoms with Gasteiger partial charge in [-0.2, -0.15) is 0 Å². The molecule has 0 saturated heterocycles. The Labute approximate surface area is 336 Å². The second kappa shape index (κ2) is 12.8. The lowest BCUT2D eigenvalue weighted by atomic mass is 9.49. The summed E-state index contributed by atoms with van der Waals surface area (Å²) >= 11 is 0. The Bertz CT molecular complexity index is 2630. The molecule has 6 aromatic carbocycles. The third-order valence-electron chi connectivity index (χ3n) is 14.1. The van der Waals surface area contributed by atoms with E-state index in [0.29, 0.717) is 0 Å². The average Bonchev–Trinajstić information content (AvgIpc) is 4.14. The topological polar surface area (TPSA) is 0 Å². The summed E-state index contributed by atoms with van der Waals surface area (Å²) in [6, 6.07) is 55.2. The van der Waals surface area contributed by atoms with Crippen molar-refractivity contribution in [1.82, 2.24) is 0 Å². The molecule has 6 atom stereocenters. The second-order valence-corrected chi connectivity index (χ2v) is 16.6. The minimum Gasteiger partial charge on any atom is -0.0754 e. The molecule has 6 aromatic rings. The van der Waals surface area contributed by atoms with Gasteiger partial charge in [-0.3, -0.25) is 0 Å². The van der Waals surface area contributed by atoms with E-state index in [1.165, 1.54) is 72.3 Å². The molecule has 6 unspecified atom stereocenters. The van der Waals surface area contributed by atoms with Crippen molar-refractivity contribution in [3.63, 3.8) is 0 Å². The zero-order valence-corrected chi connectivity index (χ0v) is 31.7. The van der Waals surface area contributed by atoms with E-state index in [9.17, 15) is 0 Å². The van der Waals surface area contributed by atoms with Gasteiger partial charge in [0, 0.05) is 40.9 Å². The van der Waals surface area contributed by atoms with Gasteiger partial charge in [0.25, 0.3) is 0 Å². The van der Waals surface area contributed by atoms with Gasteiger partial charge in [0.05, 0.1) is 0 Å². The van der Waals surface area contributed by atoms with Crippen LogP contribution < -0.4 is 0 Å². The lowest BCUT2D eigenvalue weighted by Gasteiger charge is -2.53. The first-order chi connectivity index (χ1) is 28.3. The molecule has 0 heterocycles. The number of allylic oxidation sites excluding steroid dienone is 8. The van der Waals surface area contributed by atoms with Crippen molar-refractivity contribution in [1.29, 1.82) is 0 Å². The minimum atomic E-state index is -0.464. The maximum atomic E-state index is 2.59. The van der Waals surface area contributed by atoms with E-state index in [-0.39, 0.29) is 35.5 Å². The van der Waals surface area contributed by atoms with Crippen LogP contribution >= 0.6 is 0 Å². The molecular formula is C57H42. The SMILES string of the molecule is C1=CC(C(=C(C2C=Cc3ccccc32)C(C2C=Cc3ccccc32)(C2C=Cc3ccccc32)C2C=Cc3ccccc32)C2C=Cc3ccccc32)c2ccccc21. The van der Waals surface area contributed by atoms with E-state index in [1.807, 2.05) is 0 Å². The number of benzene rings is 6. The fourth-order valence-corrected chi connectivity index (χ4v) is 11.9. The smallest absolute Gasteiger partial charge is 0.0250 e. The van der Waals surface area contributed by atoms with Gasteiger partial charge in [-0.15, -0.1) is 0 Å². The van der Waals surface area contributed by atoms with Crippen molar-refractivity contribution in [2.45, 2.75) is 35.5 Å². The zero-order valence-electron chi connectivity index (χ0n) is 31.7. The highest BCUT2D eigenvalue weighted by atomic mass is 14.6. The Balaban J connectivity index is 1.29. The molecule has 0 aromatic heterocycles. The summed E-state index contributed by atoms with van der Waals surface area (Å²) in [4.78, 5) is 0. The monoisotopic (exact) mass is 726 g/mol. The summed E-state index contributed by atoms with van der Waals surface area (Å²) in [5.41, 5.74) is 19.1. The molecule has 0 bridgehead atoms. The number of fused-ring (bicyclic) bond motifs is 6. The minimum absolute atomic E-state index is 0.0574. The molecule has 0 aliphatic heterocycles. The molecule has 0 spiro atoms. The van der Waals surface area contributed by atoms with Crippen molar-refractivity contribution in [3.8, 4) is 0 Å². The van der Waals surface area contributed by atoms with Gasteiger partial charge in [0.15, 0.2) is 0 Å². The third-order valence-corrected chi connectivity index (χ3v) is 14.1. The van der Waals surface area contributed by atoms with Crippen LogP contribution in [-0.4, -0.2) is 0 Å². The summed E-state index contributed by atoms with van der Waals surface area (Å²) in [5.74, 6) is 0.508. The van der Waals surface area contributed by atoms with Crippen LogP contribution in [0.25, 0.3) is 36.5 Å². The Hall–Kier alpha value is -6.50. The first-order valence-corrected chi connectivity index (χ1v) is 20.7. The van der Waals surface area contributed by atoms with E-state index in [1.54, 1.807) is 5.57 Å². The van der Waals surface area contributed by atoms with Gasteiger partial charge in [-0.25, -0.2) is 0 Å². The van der Waals surface area contributed by atoms with E-state index in [4.69, 9.17) is 0 Å². The molecular weight excluding hydrogens is 685 g/mol. The van der Waals surface area contributed by atoms with Crippen molar-refractivity contribution in [2.24, 2.45) is 5.41 Å². The summed E-state index contributed by atoms with van der Waals surface area (Å²) in [6.07, 6.45) is 29.9. The molecule has 0 heteroatoms. The summed E-state index contributed by atoms with van der Waals surface area (Å²) in [7, 11) is 0. The molecule has 0 saturated carbocycles. The van der Waals surface area contributed by atoms with Crippen LogP contribution in [0.4, 0.5) is 0 Å². The van der Waals surface area contributed by atoms with Crippen LogP contribution in [0.5, 0.6) is 0 Å². The average molecular weight is 727 g/mol. The van der Waals surface area contributed by atoms with E-state index < -0.39 is 5.41 Å². The second-order valence-electron chi connectivity index (χ2n) is 16.6. The molecule has 0 fully saturated rings. The standard InChI is InChI=1S/C57H42/c1-7-19-43-37(13-1)25-31-49(43)55(50-32-26-38-14-2-8-20-44(38)50)56(51-33-27-39-15-3-9-21-45(39)51)57(52-34-28-40-16-4-10-22-46(40)52,53-35-29-41-17-5-11-23-47(41)53)54-36-30-42-18-6-12-24-48(42)54/h1-36,49-54H. The lowest BCUT2D eigenvalue weighted by molar-refractivity contribution is 0.239. The van der Waals surface area contributed by atoms with Crippen LogP contribution in [0.1, 0.15) is 102 Å². The van der Waals surface area contributed by atoms with Crippen LogP contribution in [0, 0.1) is 5.41 Å². The van der Waals surface area contributed by atoms with Crippen molar-refractivity contribution in [2.75, 3.05) is 0 Å². The highest BCUT2D eigenvalue weighted by Gasteiger charge is 2.59.